The van der Waals surface area contributed by atoms with Gasteiger partial charge in [0, 0.05) is 38.3 Å². The monoisotopic (exact) mass is 546 g/mol. The van der Waals surface area contributed by atoms with Crippen LogP contribution in [0.4, 0.5) is 4.39 Å². The smallest absolute Gasteiger partial charge is 0.259 e. The number of hydrogen-bond acceptors (Lipinski definition) is 7. The van der Waals surface area contributed by atoms with Gasteiger partial charge in [-0.15, -0.1) is 0 Å². The zero-order chi connectivity index (χ0) is 27.1. The average Bonchev–Trinajstić information content (AvgIpc) is 2.97. The molecule has 9 heteroatoms. The number of alkyl halides is 1. The third-order valence-electron chi connectivity index (χ3n) is 10.7. The number of likely N-dealkylation sites (N-methyl/N-ethyl adjacent to an activating group) is 1. The van der Waals surface area contributed by atoms with Crippen molar-refractivity contribution < 1.29 is 23.5 Å². The molecule has 9 atom stereocenters. The number of Topliss-reactive ketones (excluding diaryl/α,β-unsaturated/α-hetero) is 1. The Labute approximate surface area is 232 Å². The van der Waals surface area contributed by atoms with E-state index in [0.717, 1.165) is 32.5 Å². The van der Waals surface area contributed by atoms with Crippen LogP contribution in [-0.4, -0.2) is 115 Å². The maximum absolute atomic E-state index is 16.0. The first-order chi connectivity index (χ1) is 19.0. The molecule has 2 saturated heterocycles. The summed E-state index contributed by atoms with van der Waals surface area (Å²) in [5.74, 6) is 0.360. The Hall–Kier alpha value is -1.55. The highest BCUT2D eigenvalue weighted by Gasteiger charge is 2.59. The molecular formula is C30H47FN4O4. The fourth-order valence-corrected chi connectivity index (χ4v) is 8.55. The van der Waals surface area contributed by atoms with Gasteiger partial charge >= 0.3 is 0 Å². The molecule has 0 bridgehead atoms. The van der Waals surface area contributed by atoms with E-state index in [-0.39, 0.29) is 41.9 Å². The minimum atomic E-state index is -1.20. The molecule has 1 amide bonds. The Morgan fingerprint density at radius 1 is 1.10 bits per heavy atom. The number of amides is 1. The van der Waals surface area contributed by atoms with Crippen LogP contribution in [0.1, 0.15) is 58.8 Å². The first-order valence-corrected chi connectivity index (χ1v) is 15.7. The van der Waals surface area contributed by atoms with Crippen molar-refractivity contribution in [2.24, 2.45) is 17.8 Å². The molecule has 1 N–H and O–H groups in total. The van der Waals surface area contributed by atoms with Crippen LogP contribution >= 0.6 is 0 Å². The number of halogens is 1. The third-order valence-corrected chi connectivity index (χ3v) is 10.7. The molecule has 3 aliphatic carbocycles. The highest BCUT2D eigenvalue weighted by Crippen LogP contribution is 2.50. The van der Waals surface area contributed by atoms with E-state index in [1.165, 1.54) is 25.7 Å². The fourth-order valence-electron chi connectivity index (χ4n) is 8.55. The number of ether oxygens (including phenoxy) is 2. The number of carbonyl (C=O) groups is 2. The van der Waals surface area contributed by atoms with Gasteiger partial charge in [0.25, 0.3) is 5.91 Å². The first kappa shape index (κ1) is 27.6. The summed E-state index contributed by atoms with van der Waals surface area (Å²) in [7, 11) is 0. The number of hydrogen-bond donors (Lipinski definition) is 1. The van der Waals surface area contributed by atoms with Crippen LogP contribution in [0.3, 0.4) is 0 Å². The number of rotatable bonds is 7. The van der Waals surface area contributed by atoms with E-state index in [2.05, 4.69) is 29.0 Å². The van der Waals surface area contributed by atoms with E-state index in [1.54, 1.807) is 4.90 Å². The van der Waals surface area contributed by atoms with E-state index in [1.807, 2.05) is 6.20 Å². The van der Waals surface area contributed by atoms with E-state index in [9.17, 15) is 9.59 Å². The number of fused-ring (bicyclic) bond motifs is 3. The molecule has 6 rings (SSSR count). The van der Waals surface area contributed by atoms with Crippen LogP contribution < -0.4 is 5.32 Å². The molecule has 0 spiro atoms. The normalized spacial score (nSPS) is 40.1. The zero-order valence-corrected chi connectivity index (χ0v) is 23.7. The maximum Gasteiger partial charge on any atom is 0.259 e. The SMILES string of the molecule is CCN(CC)CCNC1C(F)CC2C(=O)C(C(=O)N3CCOCC3)=CN3C4CC5CCCCC5CC4OC1C23. The molecule has 218 valence electrons. The molecule has 3 saturated carbocycles. The van der Waals surface area contributed by atoms with Crippen molar-refractivity contribution in [1.29, 1.82) is 0 Å². The lowest BCUT2D eigenvalue weighted by molar-refractivity contribution is -0.208. The molecular weight excluding hydrogens is 499 g/mol. The second-order valence-electron chi connectivity index (χ2n) is 12.6. The summed E-state index contributed by atoms with van der Waals surface area (Å²) < 4.78 is 28.3. The van der Waals surface area contributed by atoms with Crippen LogP contribution in [0.5, 0.6) is 0 Å². The van der Waals surface area contributed by atoms with Crippen LogP contribution in [-0.2, 0) is 19.1 Å². The highest BCUT2D eigenvalue weighted by atomic mass is 19.1. The van der Waals surface area contributed by atoms with Crippen molar-refractivity contribution in [3.8, 4) is 0 Å². The largest absolute Gasteiger partial charge is 0.378 e. The molecule has 5 fully saturated rings. The number of morpholine rings is 2. The average molecular weight is 547 g/mol. The predicted octanol–water partition coefficient (Wildman–Crippen LogP) is 2.38. The molecule has 9 unspecified atom stereocenters. The van der Waals surface area contributed by atoms with Gasteiger partial charge < -0.3 is 29.5 Å². The standard InChI is InChI=1S/C30H47FN4O4/c1-3-33(4-2)10-9-32-26-23(31)17-21-27-29(26)39-25-16-20-8-6-5-7-19(20)15-24(25)35(27)18-22(28(21)36)30(37)34-11-13-38-14-12-34/h18-21,23-27,29,32H,3-17H2,1-2H3. The second kappa shape index (κ2) is 11.7. The maximum atomic E-state index is 16.0. The molecule has 3 heterocycles. The molecule has 0 aromatic carbocycles. The van der Waals surface area contributed by atoms with Crippen molar-refractivity contribution >= 4 is 11.7 Å². The molecule has 6 aliphatic rings. The summed E-state index contributed by atoms with van der Waals surface area (Å²) in [5, 5.41) is 3.52. The van der Waals surface area contributed by atoms with Crippen molar-refractivity contribution in [3.05, 3.63) is 11.8 Å². The summed E-state index contributed by atoms with van der Waals surface area (Å²) in [5.41, 5.74) is 0.239. The molecule has 39 heavy (non-hydrogen) atoms. The van der Waals surface area contributed by atoms with Gasteiger partial charge in [0.2, 0.25) is 0 Å². The zero-order valence-electron chi connectivity index (χ0n) is 23.7. The first-order valence-electron chi connectivity index (χ1n) is 15.7. The van der Waals surface area contributed by atoms with Crippen LogP contribution in [0.15, 0.2) is 11.8 Å². The minimum absolute atomic E-state index is 0.00724. The number of nitrogens with zero attached hydrogens (tertiary/aromatic N) is 3. The number of nitrogens with one attached hydrogen (secondary N) is 1. The van der Waals surface area contributed by atoms with E-state index in [4.69, 9.17) is 9.47 Å². The lowest BCUT2D eigenvalue weighted by Crippen LogP contribution is -2.73. The summed E-state index contributed by atoms with van der Waals surface area (Å²) in [6, 6.07) is -0.536. The molecule has 0 aromatic rings. The number of ketones is 1. The van der Waals surface area contributed by atoms with Crippen LogP contribution in [0.2, 0.25) is 0 Å². The summed E-state index contributed by atoms with van der Waals surface area (Å²) in [6.07, 6.45) is 7.53. The van der Waals surface area contributed by atoms with Crippen molar-refractivity contribution in [1.82, 2.24) is 20.0 Å². The van der Waals surface area contributed by atoms with E-state index >= 15 is 4.39 Å². The van der Waals surface area contributed by atoms with Crippen LogP contribution in [0.25, 0.3) is 0 Å². The Kier molecular flexibility index (Phi) is 8.32. The Morgan fingerprint density at radius 3 is 2.54 bits per heavy atom. The quantitative estimate of drug-likeness (QED) is 0.492. The minimum Gasteiger partial charge on any atom is -0.378 e. The van der Waals surface area contributed by atoms with Gasteiger partial charge in [-0.05, 0) is 44.2 Å². The van der Waals surface area contributed by atoms with Gasteiger partial charge in [-0.1, -0.05) is 39.5 Å². The van der Waals surface area contributed by atoms with Crippen molar-refractivity contribution in [2.75, 3.05) is 52.5 Å². The predicted molar refractivity (Wildman–Crippen MR) is 146 cm³/mol. The molecule has 0 radical (unpaired) electrons. The van der Waals surface area contributed by atoms with Gasteiger partial charge in [0.15, 0.2) is 5.78 Å². The van der Waals surface area contributed by atoms with E-state index < -0.39 is 24.2 Å². The topological polar surface area (TPSA) is 74.4 Å². The lowest BCUT2D eigenvalue weighted by Gasteiger charge is -2.61. The molecule has 8 nitrogen and oxygen atoms in total. The Morgan fingerprint density at radius 2 is 1.82 bits per heavy atom. The van der Waals surface area contributed by atoms with Gasteiger partial charge in [0.05, 0.1) is 49.1 Å². The summed E-state index contributed by atoms with van der Waals surface area (Å²) in [6.45, 7) is 9.71. The summed E-state index contributed by atoms with van der Waals surface area (Å²) in [4.78, 5) is 33.9. The van der Waals surface area contributed by atoms with Crippen molar-refractivity contribution in [3.63, 3.8) is 0 Å². The van der Waals surface area contributed by atoms with Gasteiger partial charge in [-0.2, -0.15) is 0 Å². The molecule has 0 aromatic heterocycles. The third kappa shape index (κ3) is 5.17. The van der Waals surface area contributed by atoms with E-state index in [0.29, 0.717) is 44.7 Å². The molecule has 3 aliphatic heterocycles. The van der Waals surface area contributed by atoms with Crippen molar-refractivity contribution in [2.45, 2.75) is 95.3 Å². The second-order valence-corrected chi connectivity index (χ2v) is 12.6. The van der Waals surface area contributed by atoms with Gasteiger partial charge in [0.1, 0.15) is 6.17 Å². The number of carbonyl (C=O) groups excluding carboxylic acids is 2. The van der Waals surface area contributed by atoms with Gasteiger partial charge in [-0.25, -0.2) is 4.39 Å². The fraction of sp³-hybridized carbons (Fsp3) is 0.867. The Balaban J connectivity index is 1.30. The summed E-state index contributed by atoms with van der Waals surface area (Å²) >= 11 is 0. The lowest BCUT2D eigenvalue weighted by atomic mass is 9.65. The van der Waals surface area contributed by atoms with Gasteiger partial charge in [-0.3, -0.25) is 9.59 Å². The van der Waals surface area contributed by atoms with Crippen LogP contribution in [0, 0.1) is 17.8 Å². The highest BCUT2D eigenvalue weighted by molar-refractivity contribution is 6.20. The Bertz CT molecular complexity index is 938.